The van der Waals surface area contributed by atoms with Crippen molar-refractivity contribution in [3.8, 4) is 0 Å². The summed E-state index contributed by atoms with van der Waals surface area (Å²) in [6, 6.07) is -0.0892. The predicted molar refractivity (Wildman–Crippen MR) is 71.1 cm³/mol. The molecule has 21 heavy (non-hydrogen) atoms. The third-order valence-corrected chi connectivity index (χ3v) is 3.44. The second-order valence-electron chi connectivity index (χ2n) is 5.00. The number of furan rings is 1. The molecule has 0 atom stereocenters. The van der Waals surface area contributed by atoms with Gasteiger partial charge in [-0.15, -0.1) is 0 Å². The first kappa shape index (κ1) is 13.3. The molecule has 1 saturated carbocycles. The van der Waals surface area contributed by atoms with Crippen molar-refractivity contribution in [1.29, 1.82) is 0 Å². The molecule has 0 saturated heterocycles. The van der Waals surface area contributed by atoms with Crippen LogP contribution < -0.4 is 5.56 Å². The molecule has 1 fully saturated rings. The third kappa shape index (κ3) is 2.28. The molecule has 0 spiro atoms. The average molecular weight is 291 g/mol. The summed E-state index contributed by atoms with van der Waals surface area (Å²) in [4.78, 5) is 43.0. The van der Waals surface area contributed by atoms with E-state index in [1.807, 2.05) is 0 Å². The van der Waals surface area contributed by atoms with Gasteiger partial charge in [-0.25, -0.2) is 4.98 Å². The van der Waals surface area contributed by atoms with Crippen molar-refractivity contribution < 1.29 is 19.1 Å². The second kappa shape index (κ2) is 4.72. The first-order valence-electron chi connectivity index (χ1n) is 6.48. The molecule has 0 unspecified atom stereocenters. The zero-order valence-corrected chi connectivity index (χ0v) is 11.3. The molecule has 2 N–H and O–H groups in total. The van der Waals surface area contributed by atoms with E-state index in [2.05, 4.69) is 9.97 Å². The summed E-state index contributed by atoms with van der Waals surface area (Å²) in [5, 5.41) is 9.01. The Morgan fingerprint density at radius 1 is 1.52 bits per heavy atom. The lowest BCUT2D eigenvalue weighted by molar-refractivity contribution is -0.137. The van der Waals surface area contributed by atoms with E-state index in [4.69, 9.17) is 9.52 Å². The van der Waals surface area contributed by atoms with Crippen LogP contribution in [0.1, 0.15) is 29.0 Å². The maximum absolute atomic E-state index is 12.6. The van der Waals surface area contributed by atoms with Crippen LogP contribution in [0.25, 0.3) is 11.1 Å². The first-order chi connectivity index (χ1) is 9.99. The Labute approximate surface area is 118 Å². The number of nitrogens with zero attached hydrogens (tertiary/aromatic N) is 2. The number of hydrogen-bond acceptors (Lipinski definition) is 5. The van der Waals surface area contributed by atoms with Gasteiger partial charge in [-0.2, -0.15) is 0 Å². The molecular weight excluding hydrogens is 278 g/mol. The van der Waals surface area contributed by atoms with Crippen molar-refractivity contribution in [2.24, 2.45) is 0 Å². The van der Waals surface area contributed by atoms with Crippen LogP contribution in [0.5, 0.6) is 0 Å². The molecule has 8 nitrogen and oxygen atoms in total. The number of carboxylic acid groups (broad SMARTS) is 1. The standard InChI is InChI=1S/C13H13N3O5/c1-6-9(10-11(19)14-5-15-12(10)21-6)13(20)16(4-8(17)18)7-2-3-7/h5,7H,2-4H2,1H3,(H,17,18)(H,14,15,19). The number of carboxylic acids is 1. The van der Waals surface area contributed by atoms with Gasteiger partial charge in [0, 0.05) is 6.04 Å². The van der Waals surface area contributed by atoms with Crippen LogP contribution in [-0.4, -0.2) is 44.4 Å². The minimum atomic E-state index is -1.09. The Bertz CT molecular complexity index is 787. The first-order valence-corrected chi connectivity index (χ1v) is 6.48. The Hall–Kier alpha value is -2.64. The van der Waals surface area contributed by atoms with Gasteiger partial charge in [0.25, 0.3) is 11.5 Å². The van der Waals surface area contributed by atoms with Crippen molar-refractivity contribution >= 4 is 23.0 Å². The summed E-state index contributed by atoms with van der Waals surface area (Å²) in [5.74, 6) is -1.34. The van der Waals surface area contributed by atoms with Crippen molar-refractivity contribution in [2.45, 2.75) is 25.8 Å². The van der Waals surface area contributed by atoms with Gasteiger partial charge < -0.3 is 19.4 Å². The number of fused-ring (bicyclic) bond motifs is 1. The highest BCUT2D eigenvalue weighted by Crippen LogP contribution is 2.30. The van der Waals surface area contributed by atoms with Gasteiger partial charge in [-0.1, -0.05) is 0 Å². The van der Waals surface area contributed by atoms with Crippen LogP contribution in [0.4, 0.5) is 0 Å². The smallest absolute Gasteiger partial charge is 0.323 e. The monoisotopic (exact) mass is 291 g/mol. The molecular formula is C13H13N3O5. The van der Waals surface area contributed by atoms with Gasteiger partial charge in [-0.05, 0) is 19.8 Å². The van der Waals surface area contributed by atoms with E-state index in [1.54, 1.807) is 6.92 Å². The highest BCUT2D eigenvalue weighted by atomic mass is 16.4. The Kier molecular flexibility index (Phi) is 3.00. The molecule has 0 bridgehead atoms. The predicted octanol–water partition coefficient (Wildman–Crippen LogP) is 0.514. The van der Waals surface area contributed by atoms with Crippen molar-refractivity contribution in [3.63, 3.8) is 0 Å². The molecule has 110 valence electrons. The molecule has 8 heteroatoms. The number of aryl methyl sites for hydroxylation is 1. The SMILES string of the molecule is Cc1oc2nc[nH]c(=O)c2c1C(=O)N(CC(=O)O)C1CC1. The lowest BCUT2D eigenvalue weighted by atomic mass is 10.1. The summed E-state index contributed by atoms with van der Waals surface area (Å²) >= 11 is 0. The van der Waals surface area contributed by atoms with Crippen LogP contribution in [-0.2, 0) is 4.79 Å². The zero-order valence-electron chi connectivity index (χ0n) is 11.3. The topological polar surface area (TPSA) is 117 Å². The molecule has 1 aliphatic carbocycles. The van der Waals surface area contributed by atoms with Crippen molar-refractivity contribution in [1.82, 2.24) is 14.9 Å². The van der Waals surface area contributed by atoms with E-state index < -0.39 is 24.0 Å². The van der Waals surface area contributed by atoms with E-state index >= 15 is 0 Å². The second-order valence-corrected chi connectivity index (χ2v) is 5.00. The molecule has 0 aromatic carbocycles. The van der Waals surface area contributed by atoms with Crippen molar-refractivity contribution in [2.75, 3.05) is 6.54 Å². The number of H-pyrrole nitrogens is 1. The highest BCUT2D eigenvalue weighted by Gasteiger charge is 2.36. The molecule has 0 radical (unpaired) electrons. The van der Waals surface area contributed by atoms with Crippen LogP contribution in [0.2, 0.25) is 0 Å². The molecule has 0 aliphatic heterocycles. The Morgan fingerprint density at radius 3 is 2.86 bits per heavy atom. The summed E-state index contributed by atoms with van der Waals surface area (Å²) in [6.07, 6.45) is 2.72. The van der Waals surface area contributed by atoms with Gasteiger partial charge in [0.15, 0.2) is 0 Å². The maximum atomic E-state index is 12.6. The van der Waals surface area contributed by atoms with Gasteiger partial charge >= 0.3 is 5.97 Å². The molecule has 2 heterocycles. The van der Waals surface area contributed by atoms with E-state index in [0.29, 0.717) is 0 Å². The lowest BCUT2D eigenvalue weighted by Crippen LogP contribution is -2.38. The number of amides is 1. The number of carbonyl (C=O) groups is 2. The van der Waals surface area contributed by atoms with Crippen molar-refractivity contribution in [3.05, 3.63) is 28.0 Å². The summed E-state index contributed by atoms with van der Waals surface area (Å²) < 4.78 is 5.33. The van der Waals surface area contributed by atoms with E-state index in [0.717, 1.165) is 12.8 Å². The minimum Gasteiger partial charge on any atom is -0.480 e. The van der Waals surface area contributed by atoms with Crippen LogP contribution >= 0.6 is 0 Å². The van der Waals surface area contributed by atoms with E-state index in [9.17, 15) is 14.4 Å². The zero-order chi connectivity index (χ0) is 15.1. The fourth-order valence-electron chi connectivity index (χ4n) is 2.35. The van der Waals surface area contributed by atoms with E-state index in [1.165, 1.54) is 11.2 Å². The molecule has 1 aliphatic rings. The maximum Gasteiger partial charge on any atom is 0.323 e. The highest BCUT2D eigenvalue weighted by molar-refractivity contribution is 6.07. The third-order valence-electron chi connectivity index (χ3n) is 3.44. The number of aromatic nitrogens is 2. The van der Waals surface area contributed by atoms with Gasteiger partial charge in [0.2, 0.25) is 5.71 Å². The Morgan fingerprint density at radius 2 is 2.24 bits per heavy atom. The van der Waals surface area contributed by atoms with Gasteiger partial charge in [0.05, 0.1) is 11.9 Å². The summed E-state index contributed by atoms with van der Waals surface area (Å²) in [5.41, 5.74) is -0.315. The molecule has 2 aromatic heterocycles. The fraction of sp³-hybridized carbons (Fsp3) is 0.385. The number of carbonyl (C=O) groups excluding carboxylic acids is 1. The normalized spacial score (nSPS) is 14.3. The summed E-state index contributed by atoms with van der Waals surface area (Å²) in [6.45, 7) is 1.16. The number of nitrogens with one attached hydrogen (secondary N) is 1. The van der Waals surface area contributed by atoms with Crippen LogP contribution in [0, 0.1) is 6.92 Å². The van der Waals surface area contributed by atoms with E-state index in [-0.39, 0.29) is 28.5 Å². The van der Waals surface area contributed by atoms with Crippen LogP contribution in [0.3, 0.4) is 0 Å². The Balaban J connectivity index is 2.10. The molecule has 1 amide bonds. The molecule has 2 aromatic rings. The number of hydrogen-bond donors (Lipinski definition) is 2. The van der Waals surface area contributed by atoms with Gasteiger partial charge in [0.1, 0.15) is 17.7 Å². The van der Waals surface area contributed by atoms with Gasteiger partial charge in [-0.3, -0.25) is 14.4 Å². The largest absolute Gasteiger partial charge is 0.480 e. The minimum absolute atomic E-state index is 0.0658. The number of aromatic amines is 1. The number of aliphatic carboxylic acids is 1. The number of rotatable bonds is 4. The molecule has 3 rings (SSSR count). The summed E-state index contributed by atoms with van der Waals surface area (Å²) in [7, 11) is 0. The lowest BCUT2D eigenvalue weighted by Gasteiger charge is -2.19. The van der Waals surface area contributed by atoms with Crippen LogP contribution in [0.15, 0.2) is 15.5 Å². The fourth-order valence-corrected chi connectivity index (χ4v) is 2.35. The quantitative estimate of drug-likeness (QED) is 0.847. The average Bonchev–Trinajstić information content (AvgIpc) is 3.18.